The summed E-state index contributed by atoms with van der Waals surface area (Å²) in [4.78, 5) is 0. The van der Waals surface area contributed by atoms with E-state index in [0.29, 0.717) is 0 Å². The van der Waals surface area contributed by atoms with Crippen LogP contribution in [0.4, 0.5) is 0 Å². The zero-order valence-corrected chi connectivity index (χ0v) is 12.7. The second-order valence-corrected chi connectivity index (χ2v) is 6.52. The minimum atomic E-state index is 0.173. The Morgan fingerprint density at radius 2 is 1.85 bits per heavy atom. The Kier molecular flexibility index (Phi) is 4.45. The van der Waals surface area contributed by atoms with Crippen molar-refractivity contribution < 1.29 is 0 Å². The van der Waals surface area contributed by atoms with Crippen LogP contribution in [0.2, 0.25) is 0 Å². The molecule has 0 amide bonds. The van der Waals surface area contributed by atoms with Gasteiger partial charge in [-0.05, 0) is 53.9 Å². The molecule has 0 radical (unpaired) electrons. The van der Waals surface area contributed by atoms with E-state index in [1.807, 2.05) is 6.08 Å². The number of nitriles is 1. The molecule has 0 atom stereocenters. The van der Waals surface area contributed by atoms with E-state index >= 15 is 0 Å². The zero-order valence-electron chi connectivity index (χ0n) is 12.7. The number of nitrogens with zero attached hydrogens (tertiary/aromatic N) is 1. The van der Waals surface area contributed by atoms with Crippen molar-refractivity contribution in [2.75, 3.05) is 0 Å². The van der Waals surface area contributed by atoms with Crippen LogP contribution in [0.1, 0.15) is 57.6 Å². The van der Waals surface area contributed by atoms with E-state index in [4.69, 9.17) is 0 Å². The van der Waals surface area contributed by atoms with Gasteiger partial charge in [-0.3, -0.25) is 0 Å². The summed E-state index contributed by atoms with van der Waals surface area (Å²) < 4.78 is 0. The van der Waals surface area contributed by atoms with Gasteiger partial charge in [0.05, 0.1) is 11.6 Å². The highest BCUT2D eigenvalue weighted by Gasteiger charge is 2.13. The summed E-state index contributed by atoms with van der Waals surface area (Å²) in [6, 6.07) is 10.9. The maximum atomic E-state index is 9.36. The van der Waals surface area contributed by atoms with Crippen LogP contribution < -0.4 is 0 Å². The molecule has 0 aliphatic heterocycles. The Balaban J connectivity index is 2.25. The van der Waals surface area contributed by atoms with Gasteiger partial charge in [-0.1, -0.05) is 51.1 Å². The first-order chi connectivity index (χ1) is 9.50. The minimum Gasteiger partial charge on any atom is -0.192 e. The van der Waals surface area contributed by atoms with Crippen molar-refractivity contribution in [3.63, 3.8) is 0 Å². The summed E-state index contributed by atoms with van der Waals surface area (Å²) >= 11 is 0. The van der Waals surface area contributed by atoms with Crippen molar-refractivity contribution in [3.05, 3.63) is 52.6 Å². The van der Waals surface area contributed by atoms with Crippen LogP contribution in [-0.2, 0) is 5.41 Å². The summed E-state index contributed by atoms with van der Waals surface area (Å²) in [7, 11) is 0. The number of benzene rings is 1. The lowest BCUT2D eigenvalue weighted by molar-refractivity contribution is 0.590. The van der Waals surface area contributed by atoms with Crippen LogP contribution in [0.5, 0.6) is 0 Å². The SMILES string of the molecule is CC(C)(C)c1ccc(C=C(C#N)C2=CCCCC2)cc1. The Labute approximate surface area is 122 Å². The number of hydrogen-bond acceptors (Lipinski definition) is 1. The molecule has 0 saturated heterocycles. The zero-order chi connectivity index (χ0) is 14.6. The van der Waals surface area contributed by atoms with E-state index < -0.39 is 0 Å². The Bertz CT molecular complexity index is 559. The third-order valence-electron chi connectivity index (χ3n) is 3.85. The number of allylic oxidation sites excluding steroid dienone is 3. The van der Waals surface area contributed by atoms with Crippen LogP contribution in [0, 0.1) is 11.3 Å². The molecule has 1 nitrogen and oxygen atoms in total. The fraction of sp³-hybridized carbons (Fsp3) is 0.421. The second-order valence-electron chi connectivity index (χ2n) is 6.52. The first kappa shape index (κ1) is 14.6. The highest BCUT2D eigenvalue weighted by molar-refractivity contribution is 5.64. The summed E-state index contributed by atoms with van der Waals surface area (Å²) in [5.74, 6) is 0. The average Bonchev–Trinajstić information content (AvgIpc) is 2.45. The molecule has 2 rings (SSSR count). The standard InChI is InChI=1S/C19H23N/c1-19(2,3)18-11-9-15(10-12-18)13-17(14-20)16-7-5-4-6-8-16/h7,9-13H,4-6,8H2,1-3H3. The van der Waals surface area contributed by atoms with E-state index in [9.17, 15) is 5.26 Å². The summed E-state index contributed by atoms with van der Waals surface area (Å²) in [5.41, 5.74) is 4.66. The normalized spacial score (nSPS) is 16.5. The Morgan fingerprint density at radius 3 is 2.35 bits per heavy atom. The molecule has 1 aromatic carbocycles. The third-order valence-corrected chi connectivity index (χ3v) is 3.85. The van der Waals surface area contributed by atoms with Crippen LogP contribution in [0.3, 0.4) is 0 Å². The molecule has 0 saturated carbocycles. The summed E-state index contributed by atoms with van der Waals surface area (Å²) in [5, 5.41) is 9.36. The van der Waals surface area contributed by atoms with Gasteiger partial charge in [0.2, 0.25) is 0 Å². The maximum Gasteiger partial charge on any atom is 0.0994 e. The summed E-state index contributed by atoms with van der Waals surface area (Å²) in [6.45, 7) is 6.64. The van der Waals surface area contributed by atoms with E-state index in [0.717, 1.165) is 24.0 Å². The molecule has 1 aliphatic rings. The minimum absolute atomic E-state index is 0.173. The first-order valence-electron chi connectivity index (χ1n) is 7.42. The topological polar surface area (TPSA) is 23.8 Å². The molecule has 1 aliphatic carbocycles. The van der Waals surface area contributed by atoms with Gasteiger partial charge in [-0.2, -0.15) is 5.26 Å². The van der Waals surface area contributed by atoms with Gasteiger partial charge in [0, 0.05) is 0 Å². The molecule has 0 heterocycles. The van der Waals surface area contributed by atoms with Gasteiger partial charge >= 0.3 is 0 Å². The Hall–Kier alpha value is -1.81. The maximum absolute atomic E-state index is 9.36. The fourth-order valence-electron chi connectivity index (χ4n) is 2.53. The fourth-order valence-corrected chi connectivity index (χ4v) is 2.53. The van der Waals surface area contributed by atoms with Crippen molar-refractivity contribution in [3.8, 4) is 6.07 Å². The lowest BCUT2D eigenvalue weighted by Crippen LogP contribution is -2.10. The van der Waals surface area contributed by atoms with E-state index in [-0.39, 0.29) is 5.41 Å². The third kappa shape index (κ3) is 3.61. The van der Waals surface area contributed by atoms with Crippen LogP contribution in [0.25, 0.3) is 6.08 Å². The molecular weight excluding hydrogens is 242 g/mol. The molecule has 0 unspecified atom stereocenters. The average molecular weight is 265 g/mol. The molecule has 0 N–H and O–H groups in total. The first-order valence-corrected chi connectivity index (χ1v) is 7.42. The predicted octanol–water partition coefficient (Wildman–Crippen LogP) is 5.39. The Morgan fingerprint density at radius 1 is 1.15 bits per heavy atom. The quantitative estimate of drug-likeness (QED) is 0.657. The molecule has 0 aromatic heterocycles. The number of hydrogen-bond donors (Lipinski definition) is 0. The second kappa shape index (κ2) is 6.09. The van der Waals surface area contributed by atoms with Crippen LogP contribution >= 0.6 is 0 Å². The molecular formula is C19H23N. The van der Waals surface area contributed by atoms with Crippen LogP contribution in [-0.4, -0.2) is 0 Å². The van der Waals surface area contributed by atoms with E-state index in [1.54, 1.807) is 0 Å². The molecule has 104 valence electrons. The molecule has 1 aromatic rings. The van der Waals surface area contributed by atoms with E-state index in [1.165, 1.54) is 24.0 Å². The van der Waals surface area contributed by atoms with Crippen molar-refractivity contribution >= 4 is 6.08 Å². The monoisotopic (exact) mass is 265 g/mol. The van der Waals surface area contributed by atoms with Gasteiger partial charge in [0.25, 0.3) is 0 Å². The molecule has 0 bridgehead atoms. The lowest BCUT2D eigenvalue weighted by atomic mass is 9.86. The van der Waals surface area contributed by atoms with E-state index in [2.05, 4.69) is 57.2 Å². The van der Waals surface area contributed by atoms with Crippen molar-refractivity contribution in [1.82, 2.24) is 0 Å². The molecule has 1 heteroatoms. The molecule has 0 fully saturated rings. The van der Waals surface area contributed by atoms with Gasteiger partial charge < -0.3 is 0 Å². The van der Waals surface area contributed by atoms with Gasteiger partial charge in [-0.15, -0.1) is 0 Å². The summed E-state index contributed by atoms with van der Waals surface area (Å²) in [6.07, 6.45) is 8.85. The smallest absolute Gasteiger partial charge is 0.0994 e. The lowest BCUT2D eigenvalue weighted by Gasteiger charge is -2.19. The largest absolute Gasteiger partial charge is 0.192 e. The molecule has 0 spiro atoms. The predicted molar refractivity (Wildman–Crippen MR) is 85.3 cm³/mol. The van der Waals surface area contributed by atoms with Crippen molar-refractivity contribution in [2.24, 2.45) is 0 Å². The molecule has 20 heavy (non-hydrogen) atoms. The van der Waals surface area contributed by atoms with Crippen LogP contribution in [0.15, 0.2) is 41.5 Å². The van der Waals surface area contributed by atoms with Crippen molar-refractivity contribution in [2.45, 2.75) is 51.9 Å². The highest BCUT2D eigenvalue weighted by atomic mass is 14.3. The highest BCUT2D eigenvalue weighted by Crippen LogP contribution is 2.26. The number of rotatable bonds is 2. The van der Waals surface area contributed by atoms with Gasteiger partial charge in [0.15, 0.2) is 0 Å². The van der Waals surface area contributed by atoms with Gasteiger partial charge in [0.1, 0.15) is 0 Å². The van der Waals surface area contributed by atoms with Crippen molar-refractivity contribution in [1.29, 1.82) is 5.26 Å². The van der Waals surface area contributed by atoms with Gasteiger partial charge in [-0.25, -0.2) is 0 Å².